The molecule has 52 valence electrons. The predicted octanol–water partition coefficient (Wildman–Crippen LogP) is 2.30. The number of fused-ring (bicyclic) bond motifs is 1. The molecule has 2 rings (SSSR count). The third kappa shape index (κ3) is 0.655. The SMILES string of the molecule is Cc1sc(C)c2c1C=NC2. The van der Waals surface area contributed by atoms with Crippen LogP contribution in [0, 0.1) is 13.8 Å². The lowest BCUT2D eigenvalue weighted by molar-refractivity contribution is 1.10. The molecule has 2 heterocycles. The van der Waals surface area contributed by atoms with Gasteiger partial charge in [-0.2, -0.15) is 0 Å². The van der Waals surface area contributed by atoms with Gasteiger partial charge in [-0.3, -0.25) is 4.99 Å². The lowest BCUT2D eigenvalue weighted by atomic mass is 10.2. The van der Waals surface area contributed by atoms with E-state index in [9.17, 15) is 0 Å². The number of rotatable bonds is 0. The van der Waals surface area contributed by atoms with Crippen molar-refractivity contribution in [2.75, 3.05) is 0 Å². The molecule has 0 aliphatic carbocycles. The maximum Gasteiger partial charge on any atom is 0.0657 e. The number of hydrogen-bond acceptors (Lipinski definition) is 2. The van der Waals surface area contributed by atoms with Crippen LogP contribution in [-0.2, 0) is 6.54 Å². The first-order valence-electron chi connectivity index (χ1n) is 3.37. The van der Waals surface area contributed by atoms with Crippen LogP contribution < -0.4 is 0 Å². The van der Waals surface area contributed by atoms with Crippen molar-refractivity contribution >= 4 is 17.6 Å². The molecule has 1 nitrogen and oxygen atoms in total. The molecule has 0 atom stereocenters. The van der Waals surface area contributed by atoms with E-state index >= 15 is 0 Å². The Bertz CT molecular complexity index is 296. The zero-order valence-corrected chi connectivity index (χ0v) is 6.96. The lowest BCUT2D eigenvalue weighted by Crippen LogP contribution is -1.79. The summed E-state index contributed by atoms with van der Waals surface area (Å²) in [6, 6.07) is 0. The molecule has 0 unspecified atom stereocenters. The van der Waals surface area contributed by atoms with Gasteiger partial charge in [0, 0.05) is 21.5 Å². The zero-order chi connectivity index (χ0) is 7.14. The molecular formula is C8H9NS. The molecular weight excluding hydrogens is 142 g/mol. The topological polar surface area (TPSA) is 12.4 Å². The van der Waals surface area contributed by atoms with Gasteiger partial charge in [-0.1, -0.05) is 0 Å². The number of aliphatic imine (C=N–C) groups is 1. The van der Waals surface area contributed by atoms with Crippen molar-refractivity contribution in [3.63, 3.8) is 0 Å². The highest BCUT2D eigenvalue weighted by Crippen LogP contribution is 2.29. The fourth-order valence-electron chi connectivity index (χ4n) is 1.34. The van der Waals surface area contributed by atoms with Crippen molar-refractivity contribution in [3.05, 3.63) is 20.9 Å². The van der Waals surface area contributed by atoms with Gasteiger partial charge in [-0.25, -0.2) is 0 Å². The molecule has 0 radical (unpaired) electrons. The van der Waals surface area contributed by atoms with E-state index < -0.39 is 0 Å². The predicted molar refractivity (Wildman–Crippen MR) is 45.1 cm³/mol. The van der Waals surface area contributed by atoms with Gasteiger partial charge in [0.05, 0.1) is 6.54 Å². The van der Waals surface area contributed by atoms with Crippen molar-refractivity contribution in [3.8, 4) is 0 Å². The van der Waals surface area contributed by atoms with Crippen LogP contribution in [0.2, 0.25) is 0 Å². The van der Waals surface area contributed by atoms with Gasteiger partial charge in [-0.05, 0) is 19.4 Å². The van der Waals surface area contributed by atoms with E-state index in [1.165, 1.54) is 20.9 Å². The van der Waals surface area contributed by atoms with Crippen LogP contribution in [0.15, 0.2) is 4.99 Å². The van der Waals surface area contributed by atoms with Gasteiger partial charge in [0.15, 0.2) is 0 Å². The quantitative estimate of drug-likeness (QED) is 0.539. The van der Waals surface area contributed by atoms with Gasteiger partial charge >= 0.3 is 0 Å². The third-order valence-electron chi connectivity index (χ3n) is 1.91. The van der Waals surface area contributed by atoms with Crippen LogP contribution in [0.5, 0.6) is 0 Å². The lowest BCUT2D eigenvalue weighted by Gasteiger charge is -1.86. The van der Waals surface area contributed by atoms with E-state index in [1.807, 2.05) is 17.6 Å². The molecule has 1 aromatic heterocycles. The number of thiophene rings is 1. The number of hydrogen-bond donors (Lipinski definition) is 0. The molecule has 0 aromatic carbocycles. The molecule has 1 aromatic rings. The van der Waals surface area contributed by atoms with E-state index in [0.717, 1.165) is 6.54 Å². The Balaban J connectivity index is 2.70. The number of aryl methyl sites for hydroxylation is 2. The van der Waals surface area contributed by atoms with Gasteiger partial charge in [0.25, 0.3) is 0 Å². The van der Waals surface area contributed by atoms with Crippen LogP contribution in [0.1, 0.15) is 20.9 Å². The maximum absolute atomic E-state index is 4.21. The molecule has 0 spiro atoms. The normalized spacial score (nSPS) is 14.2. The van der Waals surface area contributed by atoms with Gasteiger partial charge < -0.3 is 0 Å². The molecule has 0 fully saturated rings. The fraction of sp³-hybridized carbons (Fsp3) is 0.375. The van der Waals surface area contributed by atoms with Crippen LogP contribution in [0.3, 0.4) is 0 Å². The monoisotopic (exact) mass is 151 g/mol. The minimum atomic E-state index is 0.908. The Hall–Kier alpha value is -0.630. The summed E-state index contributed by atoms with van der Waals surface area (Å²) < 4.78 is 0. The highest BCUT2D eigenvalue weighted by atomic mass is 32.1. The average molecular weight is 151 g/mol. The Morgan fingerprint density at radius 1 is 1.40 bits per heavy atom. The summed E-state index contributed by atoms with van der Waals surface area (Å²) >= 11 is 1.88. The first-order valence-corrected chi connectivity index (χ1v) is 4.19. The Morgan fingerprint density at radius 2 is 2.20 bits per heavy atom. The van der Waals surface area contributed by atoms with Crippen molar-refractivity contribution in [1.29, 1.82) is 0 Å². The maximum atomic E-state index is 4.21. The minimum Gasteiger partial charge on any atom is -0.288 e. The van der Waals surface area contributed by atoms with Crippen molar-refractivity contribution < 1.29 is 0 Å². The molecule has 0 N–H and O–H groups in total. The Morgan fingerprint density at radius 3 is 2.90 bits per heavy atom. The summed E-state index contributed by atoms with van der Waals surface area (Å²) in [7, 11) is 0. The Labute approximate surface area is 64.4 Å². The van der Waals surface area contributed by atoms with Gasteiger partial charge in [0.2, 0.25) is 0 Å². The second kappa shape index (κ2) is 1.92. The largest absolute Gasteiger partial charge is 0.288 e. The summed E-state index contributed by atoms with van der Waals surface area (Å²) in [6.07, 6.45) is 1.99. The van der Waals surface area contributed by atoms with Crippen molar-refractivity contribution in [1.82, 2.24) is 0 Å². The smallest absolute Gasteiger partial charge is 0.0657 e. The molecule has 1 aliphatic heterocycles. The Kier molecular flexibility index (Phi) is 1.17. The third-order valence-corrected chi connectivity index (χ3v) is 2.98. The summed E-state index contributed by atoms with van der Waals surface area (Å²) in [5.41, 5.74) is 2.82. The van der Waals surface area contributed by atoms with Crippen LogP contribution >= 0.6 is 11.3 Å². The molecule has 2 heteroatoms. The van der Waals surface area contributed by atoms with Crippen LogP contribution in [0.4, 0.5) is 0 Å². The van der Waals surface area contributed by atoms with E-state index in [0.29, 0.717) is 0 Å². The zero-order valence-electron chi connectivity index (χ0n) is 6.14. The molecule has 0 saturated carbocycles. The highest BCUT2D eigenvalue weighted by molar-refractivity contribution is 7.12. The van der Waals surface area contributed by atoms with E-state index in [2.05, 4.69) is 18.8 Å². The fourth-order valence-corrected chi connectivity index (χ4v) is 2.38. The van der Waals surface area contributed by atoms with Crippen molar-refractivity contribution in [2.45, 2.75) is 20.4 Å². The molecule has 0 amide bonds. The molecule has 1 aliphatic rings. The molecule has 10 heavy (non-hydrogen) atoms. The summed E-state index contributed by atoms with van der Waals surface area (Å²) in [4.78, 5) is 7.06. The van der Waals surface area contributed by atoms with Gasteiger partial charge in [-0.15, -0.1) is 11.3 Å². The van der Waals surface area contributed by atoms with E-state index in [-0.39, 0.29) is 0 Å². The van der Waals surface area contributed by atoms with Crippen LogP contribution in [-0.4, -0.2) is 6.21 Å². The van der Waals surface area contributed by atoms with Crippen LogP contribution in [0.25, 0.3) is 0 Å². The summed E-state index contributed by atoms with van der Waals surface area (Å²) in [6.45, 7) is 5.24. The summed E-state index contributed by atoms with van der Waals surface area (Å²) in [5.74, 6) is 0. The van der Waals surface area contributed by atoms with Gasteiger partial charge in [0.1, 0.15) is 0 Å². The second-order valence-corrected chi connectivity index (χ2v) is 4.01. The minimum absolute atomic E-state index is 0.908. The number of nitrogens with zero attached hydrogens (tertiary/aromatic N) is 1. The standard InChI is InChI=1S/C8H9NS/c1-5-7-3-9-4-8(7)6(2)10-5/h3H,4H2,1-2H3. The summed E-state index contributed by atoms with van der Waals surface area (Å²) in [5, 5.41) is 0. The molecule has 0 saturated heterocycles. The van der Waals surface area contributed by atoms with E-state index in [4.69, 9.17) is 0 Å². The second-order valence-electron chi connectivity index (χ2n) is 2.58. The first kappa shape index (κ1) is 6.10. The van der Waals surface area contributed by atoms with Crippen molar-refractivity contribution in [2.24, 2.45) is 4.99 Å². The average Bonchev–Trinajstić information content (AvgIpc) is 2.39. The van der Waals surface area contributed by atoms with E-state index in [1.54, 1.807) is 0 Å². The first-order chi connectivity index (χ1) is 4.79. The molecule has 0 bridgehead atoms. The highest BCUT2D eigenvalue weighted by Gasteiger charge is 2.13.